The van der Waals surface area contributed by atoms with Crippen LogP contribution in [0.2, 0.25) is 0 Å². The molecule has 1 atom stereocenters. The first-order valence-electron chi connectivity index (χ1n) is 5.04. The van der Waals surface area contributed by atoms with Crippen LogP contribution >= 0.6 is 0 Å². The van der Waals surface area contributed by atoms with Crippen molar-refractivity contribution in [2.24, 2.45) is 5.73 Å². The van der Waals surface area contributed by atoms with E-state index in [-0.39, 0.29) is 6.54 Å². The van der Waals surface area contributed by atoms with E-state index in [0.29, 0.717) is 11.1 Å². The van der Waals surface area contributed by atoms with Crippen molar-refractivity contribution in [1.82, 2.24) is 0 Å². The van der Waals surface area contributed by atoms with Crippen LogP contribution in [0.25, 0.3) is 0 Å². The van der Waals surface area contributed by atoms with Crippen molar-refractivity contribution in [1.29, 1.82) is 0 Å². The van der Waals surface area contributed by atoms with Crippen LogP contribution in [-0.2, 0) is 5.67 Å². The molecule has 0 saturated heterocycles. The van der Waals surface area contributed by atoms with Gasteiger partial charge in [-0.1, -0.05) is 12.1 Å². The Hall–Kier alpha value is -0.930. The summed E-state index contributed by atoms with van der Waals surface area (Å²) in [4.78, 5) is 0. The lowest BCUT2D eigenvalue weighted by Gasteiger charge is -2.19. The van der Waals surface area contributed by atoms with Crippen molar-refractivity contribution in [2.45, 2.75) is 32.5 Å². The zero-order chi connectivity index (χ0) is 11.6. The van der Waals surface area contributed by atoms with E-state index in [9.17, 15) is 9.50 Å². The molecule has 0 aromatic heterocycles. The van der Waals surface area contributed by atoms with Crippen molar-refractivity contribution in [3.8, 4) is 0 Å². The van der Waals surface area contributed by atoms with Gasteiger partial charge in [-0.05, 0) is 43.5 Å². The lowest BCUT2D eigenvalue weighted by Crippen LogP contribution is -2.15. The standard InChI is InChI=1S/C12H18FNO/c1-8-4-5-9(12(2,3)13)6-10(8)11(15)7-14/h4-6,11,15H,7,14H2,1-3H3. The molecule has 1 aromatic carbocycles. The van der Waals surface area contributed by atoms with Gasteiger partial charge < -0.3 is 10.8 Å². The molecular weight excluding hydrogens is 193 g/mol. The highest BCUT2D eigenvalue weighted by molar-refractivity contribution is 5.35. The van der Waals surface area contributed by atoms with Crippen LogP contribution < -0.4 is 5.73 Å². The number of rotatable bonds is 3. The number of aliphatic hydroxyl groups excluding tert-OH is 1. The Morgan fingerprint density at radius 3 is 2.53 bits per heavy atom. The molecule has 3 heteroatoms. The minimum absolute atomic E-state index is 0.150. The fourth-order valence-corrected chi connectivity index (χ4v) is 1.50. The second-order valence-electron chi connectivity index (χ2n) is 4.30. The average Bonchev–Trinajstić information content (AvgIpc) is 2.15. The van der Waals surface area contributed by atoms with Gasteiger partial charge in [0.15, 0.2) is 0 Å². The van der Waals surface area contributed by atoms with E-state index in [0.717, 1.165) is 5.56 Å². The zero-order valence-corrected chi connectivity index (χ0v) is 9.42. The Balaban J connectivity index is 3.17. The van der Waals surface area contributed by atoms with Crippen molar-refractivity contribution in [3.05, 3.63) is 34.9 Å². The molecule has 0 aliphatic carbocycles. The number of alkyl halides is 1. The molecule has 0 bridgehead atoms. The Morgan fingerprint density at radius 1 is 1.47 bits per heavy atom. The molecule has 1 aromatic rings. The highest BCUT2D eigenvalue weighted by Gasteiger charge is 2.20. The van der Waals surface area contributed by atoms with E-state index in [1.165, 1.54) is 13.8 Å². The molecule has 0 spiro atoms. The van der Waals surface area contributed by atoms with Gasteiger partial charge >= 0.3 is 0 Å². The van der Waals surface area contributed by atoms with Gasteiger partial charge in [-0.25, -0.2) is 4.39 Å². The normalized spacial score (nSPS) is 14.0. The third kappa shape index (κ3) is 2.76. The quantitative estimate of drug-likeness (QED) is 0.805. The Bertz CT molecular complexity index is 344. The molecule has 2 nitrogen and oxygen atoms in total. The molecule has 0 aliphatic rings. The molecule has 0 heterocycles. The lowest BCUT2D eigenvalue weighted by atomic mass is 9.93. The van der Waals surface area contributed by atoms with Crippen LogP contribution in [-0.4, -0.2) is 11.7 Å². The molecular formula is C12H18FNO. The zero-order valence-electron chi connectivity index (χ0n) is 9.42. The SMILES string of the molecule is Cc1ccc(C(C)(C)F)cc1C(O)CN. The summed E-state index contributed by atoms with van der Waals surface area (Å²) in [6.07, 6.45) is -0.715. The smallest absolute Gasteiger partial charge is 0.130 e. The summed E-state index contributed by atoms with van der Waals surface area (Å²) in [5.41, 5.74) is 6.20. The highest BCUT2D eigenvalue weighted by atomic mass is 19.1. The summed E-state index contributed by atoms with van der Waals surface area (Å²) < 4.78 is 13.7. The Morgan fingerprint density at radius 2 is 2.07 bits per heavy atom. The number of halogens is 1. The minimum atomic E-state index is -1.39. The van der Waals surface area contributed by atoms with Gasteiger partial charge in [0.05, 0.1) is 6.10 Å². The average molecular weight is 211 g/mol. The number of benzene rings is 1. The van der Waals surface area contributed by atoms with Gasteiger partial charge in [0, 0.05) is 6.54 Å². The molecule has 0 amide bonds. The van der Waals surface area contributed by atoms with Crippen LogP contribution in [0, 0.1) is 6.92 Å². The van der Waals surface area contributed by atoms with Gasteiger partial charge in [0.1, 0.15) is 5.67 Å². The van der Waals surface area contributed by atoms with E-state index in [1.54, 1.807) is 12.1 Å². The van der Waals surface area contributed by atoms with Gasteiger partial charge in [0.2, 0.25) is 0 Å². The predicted molar refractivity (Wildman–Crippen MR) is 59.3 cm³/mol. The first-order chi connectivity index (χ1) is 6.86. The Kier molecular flexibility index (Phi) is 3.47. The summed E-state index contributed by atoms with van der Waals surface area (Å²) in [5.74, 6) is 0. The van der Waals surface area contributed by atoms with Crippen molar-refractivity contribution >= 4 is 0 Å². The number of nitrogens with two attached hydrogens (primary N) is 1. The molecule has 1 rings (SSSR count). The van der Waals surface area contributed by atoms with Crippen molar-refractivity contribution < 1.29 is 9.50 Å². The molecule has 0 radical (unpaired) electrons. The van der Waals surface area contributed by atoms with Crippen LogP contribution in [0.3, 0.4) is 0 Å². The summed E-state index contributed by atoms with van der Waals surface area (Å²) in [5, 5.41) is 9.65. The fourth-order valence-electron chi connectivity index (χ4n) is 1.50. The number of hydrogen-bond acceptors (Lipinski definition) is 2. The van der Waals surface area contributed by atoms with Crippen LogP contribution in [0.5, 0.6) is 0 Å². The monoisotopic (exact) mass is 211 g/mol. The van der Waals surface area contributed by atoms with Crippen molar-refractivity contribution in [3.63, 3.8) is 0 Å². The van der Waals surface area contributed by atoms with E-state index in [1.807, 2.05) is 13.0 Å². The first-order valence-corrected chi connectivity index (χ1v) is 5.04. The minimum Gasteiger partial charge on any atom is -0.387 e. The maximum absolute atomic E-state index is 13.7. The first kappa shape index (κ1) is 12.1. The summed E-state index contributed by atoms with van der Waals surface area (Å²) in [6, 6.07) is 5.24. The fraction of sp³-hybridized carbons (Fsp3) is 0.500. The molecule has 0 saturated carbocycles. The third-order valence-electron chi connectivity index (χ3n) is 2.55. The number of aliphatic hydroxyl groups is 1. The van der Waals surface area contributed by atoms with E-state index in [2.05, 4.69) is 0 Å². The molecule has 0 aliphatic heterocycles. The molecule has 84 valence electrons. The van der Waals surface area contributed by atoms with Gasteiger partial charge in [0.25, 0.3) is 0 Å². The van der Waals surface area contributed by atoms with Crippen LogP contribution in [0.4, 0.5) is 4.39 Å². The molecule has 3 N–H and O–H groups in total. The van der Waals surface area contributed by atoms with Crippen molar-refractivity contribution in [2.75, 3.05) is 6.54 Å². The molecule has 15 heavy (non-hydrogen) atoms. The highest BCUT2D eigenvalue weighted by Crippen LogP contribution is 2.28. The second-order valence-corrected chi connectivity index (χ2v) is 4.30. The maximum atomic E-state index is 13.7. The molecule has 0 fully saturated rings. The maximum Gasteiger partial charge on any atom is 0.130 e. The third-order valence-corrected chi connectivity index (χ3v) is 2.55. The van der Waals surface area contributed by atoms with Gasteiger partial charge in [-0.2, -0.15) is 0 Å². The summed E-state index contributed by atoms with van der Waals surface area (Å²) >= 11 is 0. The van der Waals surface area contributed by atoms with Gasteiger partial charge in [-0.3, -0.25) is 0 Å². The van der Waals surface area contributed by atoms with Crippen LogP contribution in [0.15, 0.2) is 18.2 Å². The van der Waals surface area contributed by atoms with Crippen LogP contribution in [0.1, 0.15) is 36.6 Å². The number of hydrogen-bond donors (Lipinski definition) is 2. The summed E-state index contributed by atoms with van der Waals surface area (Å²) in [7, 11) is 0. The largest absolute Gasteiger partial charge is 0.387 e. The Labute approximate surface area is 89.9 Å². The second kappa shape index (κ2) is 4.29. The van der Waals surface area contributed by atoms with E-state index in [4.69, 9.17) is 5.73 Å². The van der Waals surface area contributed by atoms with E-state index >= 15 is 0 Å². The predicted octanol–water partition coefficient (Wildman–Crippen LogP) is 2.19. The summed E-state index contributed by atoms with van der Waals surface area (Å²) in [6.45, 7) is 5.02. The topological polar surface area (TPSA) is 46.2 Å². The lowest BCUT2D eigenvalue weighted by molar-refractivity contribution is 0.184. The van der Waals surface area contributed by atoms with Gasteiger partial charge in [-0.15, -0.1) is 0 Å². The molecule has 1 unspecified atom stereocenters. The van der Waals surface area contributed by atoms with E-state index < -0.39 is 11.8 Å². The number of aryl methyl sites for hydroxylation is 1.